The maximum atomic E-state index is 10.7. The minimum absolute atomic E-state index is 0.178. The molecule has 90 valence electrons. The minimum Gasteiger partial charge on any atom is -0.477 e. The molecule has 0 amide bonds. The zero-order valence-corrected chi connectivity index (χ0v) is 11.1. The first-order valence-corrected chi connectivity index (χ1v) is 6.67. The van der Waals surface area contributed by atoms with Crippen molar-refractivity contribution < 1.29 is 20.1 Å². The van der Waals surface area contributed by atoms with Crippen molar-refractivity contribution in [3.8, 4) is 0 Å². The molecule has 0 aliphatic carbocycles. The first kappa shape index (κ1) is 13.6. The number of carboxylic acids is 1. The van der Waals surface area contributed by atoms with Crippen molar-refractivity contribution in [1.29, 1.82) is 0 Å². The number of aromatic carboxylic acids is 1. The third-order valence-corrected chi connectivity index (χ3v) is 3.96. The number of aliphatic hydroxyl groups is 2. The summed E-state index contributed by atoms with van der Waals surface area (Å²) in [5.41, 5.74) is 0.698. The van der Waals surface area contributed by atoms with Crippen LogP contribution in [0.25, 0.3) is 0 Å². The lowest BCUT2D eigenvalue weighted by Gasteiger charge is -2.16. The number of hydrogen-bond acceptors (Lipinski definition) is 4. The lowest BCUT2D eigenvalue weighted by Crippen LogP contribution is -2.18. The maximum Gasteiger partial charge on any atom is 0.345 e. The summed E-state index contributed by atoms with van der Waals surface area (Å²) in [6.45, 7) is 1.72. The van der Waals surface area contributed by atoms with Crippen molar-refractivity contribution in [2.75, 3.05) is 5.33 Å². The van der Waals surface area contributed by atoms with Gasteiger partial charge in [-0.15, -0.1) is 11.3 Å². The van der Waals surface area contributed by atoms with Gasteiger partial charge in [-0.05, 0) is 25.0 Å². The molecule has 4 nitrogen and oxygen atoms in total. The van der Waals surface area contributed by atoms with Crippen molar-refractivity contribution in [3.63, 3.8) is 0 Å². The Hall–Kier alpha value is -0.430. The van der Waals surface area contributed by atoms with Gasteiger partial charge in [0.2, 0.25) is 0 Å². The van der Waals surface area contributed by atoms with E-state index >= 15 is 0 Å². The number of carbonyl (C=O) groups is 1. The van der Waals surface area contributed by atoms with Crippen LogP contribution >= 0.6 is 27.3 Å². The highest BCUT2D eigenvalue weighted by molar-refractivity contribution is 9.09. The molecule has 0 bridgehead atoms. The van der Waals surface area contributed by atoms with Crippen LogP contribution < -0.4 is 0 Å². The average Bonchev–Trinajstić information content (AvgIpc) is 2.60. The summed E-state index contributed by atoms with van der Waals surface area (Å²) in [6.07, 6.45) is -1.48. The van der Waals surface area contributed by atoms with Gasteiger partial charge in [-0.2, -0.15) is 0 Å². The number of hydrogen-bond donors (Lipinski definition) is 3. The van der Waals surface area contributed by atoms with Gasteiger partial charge < -0.3 is 15.3 Å². The van der Waals surface area contributed by atoms with Gasteiger partial charge in [-0.25, -0.2) is 4.79 Å². The number of alkyl halides is 1. The van der Waals surface area contributed by atoms with E-state index < -0.39 is 18.2 Å². The predicted molar refractivity (Wildman–Crippen MR) is 65.4 cm³/mol. The van der Waals surface area contributed by atoms with Gasteiger partial charge in [0.25, 0.3) is 0 Å². The number of thiophene rings is 1. The molecule has 1 aromatic rings. The Morgan fingerprint density at radius 1 is 1.56 bits per heavy atom. The van der Waals surface area contributed by atoms with E-state index in [1.54, 1.807) is 6.92 Å². The van der Waals surface area contributed by atoms with Gasteiger partial charge in [0, 0.05) is 10.2 Å². The van der Waals surface area contributed by atoms with Crippen molar-refractivity contribution in [3.05, 3.63) is 21.4 Å². The zero-order chi connectivity index (χ0) is 12.3. The second-order valence-electron chi connectivity index (χ2n) is 3.45. The van der Waals surface area contributed by atoms with Crippen LogP contribution in [0, 0.1) is 6.92 Å². The Kier molecular flexibility index (Phi) is 4.91. The molecule has 1 aromatic heterocycles. The summed E-state index contributed by atoms with van der Waals surface area (Å²) in [6, 6.07) is 1.51. The minimum atomic E-state index is -1.02. The molecule has 0 aliphatic heterocycles. The molecule has 0 spiro atoms. The molecule has 6 heteroatoms. The fourth-order valence-electron chi connectivity index (χ4n) is 1.34. The van der Waals surface area contributed by atoms with Crippen LogP contribution in [0.4, 0.5) is 0 Å². The molecule has 2 unspecified atom stereocenters. The highest BCUT2D eigenvalue weighted by atomic mass is 79.9. The zero-order valence-electron chi connectivity index (χ0n) is 8.68. The Morgan fingerprint density at radius 2 is 2.19 bits per heavy atom. The Labute approximate surface area is 106 Å². The Balaban J connectivity index is 2.90. The van der Waals surface area contributed by atoms with Gasteiger partial charge in [-0.1, -0.05) is 15.9 Å². The second-order valence-corrected chi connectivity index (χ2v) is 5.33. The Morgan fingerprint density at radius 3 is 2.62 bits per heavy atom. The van der Waals surface area contributed by atoms with Crippen molar-refractivity contribution in [1.82, 2.24) is 0 Å². The maximum absolute atomic E-state index is 10.7. The van der Waals surface area contributed by atoms with E-state index in [4.69, 9.17) is 5.11 Å². The third kappa shape index (κ3) is 3.04. The van der Waals surface area contributed by atoms with Crippen molar-refractivity contribution in [2.24, 2.45) is 0 Å². The summed E-state index contributed by atoms with van der Waals surface area (Å²) in [5.74, 6) is -1.01. The van der Waals surface area contributed by atoms with E-state index in [9.17, 15) is 15.0 Å². The topological polar surface area (TPSA) is 77.8 Å². The highest BCUT2D eigenvalue weighted by Gasteiger charge is 2.23. The summed E-state index contributed by atoms with van der Waals surface area (Å²) < 4.78 is 0. The van der Waals surface area contributed by atoms with Crippen LogP contribution in [-0.2, 0) is 0 Å². The molecule has 0 fully saturated rings. The first-order chi connectivity index (χ1) is 7.47. The van der Waals surface area contributed by atoms with E-state index in [0.717, 1.165) is 11.3 Å². The number of aryl methyl sites for hydroxylation is 1. The van der Waals surface area contributed by atoms with Gasteiger partial charge in [-0.3, -0.25) is 0 Å². The molecule has 1 heterocycles. The number of rotatable bonds is 5. The predicted octanol–water partition coefficient (Wildman–Crippen LogP) is 1.93. The fourth-order valence-corrected chi connectivity index (χ4v) is 2.87. The average molecular weight is 309 g/mol. The lowest BCUT2D eigenvalue weighted by molar-refractivity contribution is 0.0192. The van der Waals surface area contributed by atoms with Gasteiger partial charge in [0.15, 0.2) is 0 Å². The standard InChI is InChI=1S/C10H13BrO4S/c1-5-4-7(10(14)15)16-9(5)8(13)6(12)2-3-11/h4,6,8,12-13H,2-3H2,1H3,(H,14,15). The molecule has 0 aliphatic rings. The Bertz CT molecular complexity index is 377. The molecule has 1 rings (SSSR count). The summed E-state index contributed by atoms with van der Waals surface area (Å²) in [5, 5.41) is 28.9. The SMILES string of the molecule is Cc1cc(C(=O)O)sc1C(O)C(O)CCBr. The quantitative estimate of drug-likeness (QED) is 0.726. The highest BCUT2D eigenvalue weighted by Crippen LogP contribution is 2.30. The van der Waals surface area contributed by atoms with E-state index in [1.807, 2.05) is 0 Å². The molecule has 3 N–H and O–H groups in total. The number of halogens is 1. The van der Waals surface area contributed by atoms with Crippen LogP contribution in [-0.4, -0.2) is 32.7 Å². The summed E-state index contributed by atoms with van der Waals surface area (Å²) in [4.78, 5) is 11.4. The molecular formula is C10H13BrO4S. The fraction of sp³-hybridized carbons (Fsp3) is 0.500. The van der Waals surface area contributed by atoms with E-state index in [2.05, 4.69) is 15.9 Å². The molecule has 0 saturated heterocycles. The molecule has 0 aromatic carbocycles. The van der Waals surface area contributed by atoms with Crippen LogP contribution in [0.3, 0.4) is 0 Å². The van der Waals surface area contributed by atoms with Gasteiger partial charge in [0.1, 0.15) is 11.0 Å². The molecule has 2 atom stereocenters. The van der Waals surface area contributed by atoms with E-state index in [-0.39, 0.29) is 4.88 Å². The van der Waals surface area contributed by atoms with Crippen molar-refractivity contribution in [2.45, 2.75) is 25.6 Å². The smallest absolute Gasteiger partial charge is 0.345 e. The van der Waals surface area contributed by atoms with E-state index in [0.29, 0.717) is 22.2 Å². The molecule has 16 heavy (non-hydrogen) atoms. The van der Waals surface area contributed by atoms with E-state index in [1.165, 1.54) is 6.07 Å². The second kappa shape index (κ2) is 5.77. The van der Waals surface area contributed by atoms with Crippen LogP contribution in [0.15, 0.2) is 6.07 Å². The first-order valence-electron chi connectivity index (χ1n) is 4.73. The summed E-state index contributed by atoms with van der Waals surface area (Å²) in [7, 11) is 0. The molecule has 0 saturated carbocycles. The van der Waals surface area contributed by atoms with Gasteiger partial charge in [0.05, 0.1) is 6.10 Å². The van der Waals surface area contributed by atoms with Crippen LogP contribution in [0.2, 0.25) is 0 Å². The number of carboxylic acid groups (broad SMARTS) is 1. The summed E-state index contributed by atoms with van der Waals surface area (Å²) >= 11 is 4.18. The number of aliphatic hydroxyl groups excluding tert-OH is 2. The molecular weight excluding hydrogens is 296 g/mol. The van der Waals surface area contributed by atoms with Crippen LogP contribution in [0.5, 0.6) is 0 Å². The normalized spacial score (nSPS) is 14.8. The largest absolute Gasteiger partial charge is 0.477 e. The third-order valence-electron chi connectivity index (χ3n) is 2.20. The monoisotopic (exact) mass is 308 g/mol. The van der Waals surface area contributed by atoms with Gasteiger partial charge >= 0.3 is 5.97 Å². The van der Waals surface area contributed by atoms with Crippen LogP contribution in [0.1, 0.15) is 32.6 Å². The van der Waals surface area contributed by atoms with Crippen molar-refractivity contribution >= 4 is 33.2 Å². The lowest BCUT2D eigenvalue weighted by atomic mass is 10.1. The molecule has 0 radical (unpaired) electrons.